The van der Waals surface area contributed by atoms with Crippen LogP contribution in [0.25, 0.3) is 0 Å². The molecule has 0 aliphatic carbocycles. The van der Waals surface area contributed by atoms with Crippen molar-refractivity contribution in [1.82, 2.24) is 14.1 Å². The Kier molecular flexibility index (Phi) is 5.53. The highest BCUT2D eigenvalue weighted by Gasteiger charge is 2.35. The first-order valence-corrected chi connectivity index (χ1v) is 9.80. The van der Waals surface area contributed by atoms with Crippen LogP contribution >= 0.6 is 0 Å². The van der Waals surface area contributed by atoms with Crippen LogP contribution in [-0.4, -0.2) is 46.8 Å². The molecule has 0 aromatic carbocycles. The number of aromatic nitrogens is 2. The third kappa shape index (κ3) is 3.78. The van der Waals surface area contributed by atoms with Crippen LogP contribution in [0.3, 0.4) is 0 Å². The second-order valence-electron chi connectivity index (χ2n) is 7.08. The molecule has 0 radical (unpaired) electrons. The molecule has 1 aromatic rings. The SMILES string of the molecule is Cc1nn(CC(C)C)c(C)c1S(=O)(=O)N1CCC[C@@H]([C@H](C)O)C1. The zero-order valence-electron chi connectivity index (χ0n) is 14.8. The van der Waals surface area contributed by atoms with Gasteiger partial charge in [-0.25, -0.2) is 8.42 Å². The van der Waals surface area contributed by atoms with E-state index in [0.717, 1.165) is 12.8 Å². The van der Waals surface area contributed by atoms with Crippen molar-refractivity contribution in [1.29, 1.82) is 0 Å². The molecule has 2 heterocycles. The van der Waals surface area contributed by atoms with E-state index < -0.39 is 16.1 Å². The smallest absolute Gasteiger partial charge is 0.246 e. The number of rotatable bonds is 5. The highest BCUT2D eigenvalue weighted by molar-refractivity contribution is 7.89. The van der Waals surface area contributed by atoms with Gasteiger partial charge in [-0.15, -0.1) is 0 Å². The number of nitrogens with zero attached hydrogens (tertiary/aromatic N) is 3. The maximum Gasteiger partial charge on any atom is 0.246 e. The van der Waals surface area contributed by atoms with Crippen LogP contribution in [0.15, 0.2) is 4.90 Å². The second-order valence-corrected chi connectivity index (χ2v) is 8.96. The lowest BCUT2D eigenvalue weighted by atomic mass is 9.95. The summed E-state index contributed by atoms with van der Waals surface area (Å²) < 4.78 is 29.5. The highest BCUT2D eigenvalue weighted by atomic mass is 32.2. The van der Waals surface area contributed by atoms with E-state index in [4.69, 9.17) is 0 Å². The molecule has 1 aromatic heterocycles. The Morgan fingerprint density at radius 2 is 1.96 bits per heavy atom. The van der Waals surface area contributed by atoms with Crippen molar-refractivity contribution in [2.75, 3.05) is 13.1 Å². The Labute approximate surface area is 139 Å². The maximum absolute atomic E-state index is 13.1. The number of sulfonamides is 1. The van der Waals surface area contributed by atoms with Crippen LogP contribution in [0.4, 0.5) is 0 Å². The molecule has 0 amide bonds. The van der Waals surface area contributed by atoms with E-state index in [-0.39, 0.29) is 5.92 Å². The Morgan fingerprint density at radius 3 is 2.52 bits per heavy atom. The summed E-state index contributed by atoms with van der Waals surface area (Å²) >= 11 is 0. The average molecular weight is 343 g/mol. The molecular formula is C16H29N3O3S. The van der Waals surface area contributed by atoms with Gasteiger partial charge in [0, 0.05) is 19.6 Å². The highest BCUT2D eigenvalue weighted by Crippen LogP contribution is 2.29. The molecule has 1 aliphatic heterocycles. The first kappa shape index (κ1) is 18.4. The fraction of sp³-hybridized carbons (Fsp3) is 0.812. The van der Waals surface area contributed by atoms with E-state index in [1.807, 2.05) is 6.92 Å². The molecule has 0 unspecified atom stereocenters. The number of hydrogen-bond acceptors (Lipinski definition) is 4. The fourth-order valence-corrected chi connectivity index (χ4v) is 5.20. The summed E-state index contributed by atoms with van der Waals surface area (Å²) in [7, 11) is -3.57. The Morgan fingerprint density at radius 1 is 1.30 bits per heavy atom. The van der Waals surface area contributed by atoms with E-state index in [1.54, 1.807) is 18.5 Å². The van der Waals surface area contributed by atoms with Crippen molar-refractivity contribution < 1.29 is 13.5 Å². The minimum atomic E-state index is -3.57. The van der Waals surface area contributed by atoms with Crippen molar-refractivity contribution in [3.63, 3.8) is 0 Å². The molecule has 132 valence electrons. The maximum atomic E-state index is 13.1. The van der Waals surface area contributed by atoms with Gasteiger partial charge in [0.1, 0.15) is 4.90 Å². The molecule has 2 atom stereocenters. The molecule has 1 fully saturated rings. The molecular weight excluding hydrogens is 314 g/mol. The quantitative estimate of drug-likeness (QED) is 0.886. The van der Waals surface area contributed by atoms with Gasteiger partial charge in [0.2, 0.25) is 10.0 Å². The summed E-state index contributed by atoms with van der Waals surface area (Å²) in [5.74, 6) is 0.406. The normalized spacial score (nSPS) is 21.8. The fourth-order valence-electron chi connectivity index (χ4n) is 3.29. The first-order valence-electron chi connectivity index (χ1n) is 8.36. The summed E-state index contributed by atoms with van der Waals surface area (Å²) in [6, 6.07) is 0. The van der Waals surface area contributed by atoms with Gasteiger partial charge in [-0.2, -0.15) is 9.40 Å². The van der Waals surface area contributed by atoms with E-state index in [1.165, 1.54) is 4.31 Å². The van der Waals surface area contributed by atoms with Crippen molar-refractivity contribution in [3.05, 3.63) is 11.4 Å². The summed E-state index contributed by atoms with van der Waals surface area (Å²) in [5.41, 5.74) is 1.26. The van der Waals surface area contributed by atoms with Gasteiger partial charge in [0.25, 0.3) is 0 Å². The van der Waals surface area contributed by atoms with Crippen molar-refractivity contribution in [2.24, 2.45) is 11.8 Å². The lowest BCUT2D eigenvalue weighted by molar-refractivity contribution is 0.0885. The average Bonchev–Trinajstić information content (AvgIpc) is 2.73. The third-order valence-electron chi connectivity index (χ3n) is 4.55. The van der Waals surface area contributed by atoms with E-state index >= 15 is 0 Å². The minimum absolute atomic E-state index is 0.00449. The van der Waals surface area contributed by atoms with Crippen molar-refractivity contribution in [2.45, 2.75) is 65.0 Å². The van der Waals surface area contributed by atoms with Crippen molar-refractivity contribution >= 4 is 10.0 Å². The van der Waals surface area contributed by atoms with Crippen LogP contribution in [-0.2, 0) is 16.6 Å². The molecule has 1 saturated heterocycles. The van der Waals surface area contributed by atoms with E-state index in [9.17, 15) is 13.5 Å². The van der Waals surface area contributed by atoms with Crippen molar-refractivity contribution in [3.8, 4) is 0 Å². The Hall–Kier alpha value is -0.920. The van der Waals surface area contributed by atoms with Gasteiger partial charge in [0.15, 0.2) is 0 Å². The zero-order valence-corrected chi connectivity index (χ0v) is 15.6. The van der Waals surface area contributed by atoms with Gasteiger partial charge in [-0.3, -0.25) is 4.68 Å². The molecule has 1 aliphatic rings. The first-order chi connectivity index (χ1) is 10.6. The van der Waals surface area contributed by atoms with E-state index in [2.05, 4.69) is 18.9 Å². The van der Waals surface area contributed by atoms with Crippen LogP contribution in [0, 0.1) is 25.7 Å². The van der Waals surface area contributed by atoms with E-state index in [0.29, 0.717) is 41.8 Å². The lowest BCUT2D eigenvalue weighted by Gasteiger charge is -2.33. The molecule has 0 spiro atoms. The van der Waals surface area contributed by atoms with Gasteiger partial charge in [-0.1, -0.05) is 13.8 Å². The number of aliphatic hydroxyl groups excluding tert-OH is 1. The Balaban J connectivity index is 2.34. The van der Waals surface area contributed by atoms with Crippen LogP contribution < -0.4 is 0 Å². The minimum Gasteiger partial charge on any atom is -0.393 e. The summed E-state index contributed by atoms with van der Waals surface area (Å²) in [6.45, 7) is 11.1. The second kappa shape index (κ2) is 6.91. The molecule has 2 rings (SSSR count). The third-order valence-corrected chi connectivity index (χ3v) is 6.67. The molecule has 1 N–H and O–H groups in total. The predicted octanol–water partition coefficient (Wildman–Crippen LogP) is 1.94. The summed E-state index contributed by atoms with van der Waals surface area (Å²) in [6.07, 6.45) is 1.17. The lowest BCUT2D eigenvalue weighted by Crippen LogP contribution is -2.43. The predicted molar refractivity (Wildman–Crippen MR) is 89.7 cm³/mol. The number of hydrogen-bond donors (Lipinski definition) is 1. The van der Waals surface area contributed by atoms with Gasteiger partial charge < -0.3 is 5.11 Å². The zero-order chi connectivity index (χ0) is 17.4. The number of aliphatic hydroxyl groups is 1. The summed E-state index contributed by atoms with van der Waals surface area (Å²) in [5, 5.41) is 14.2. The van der Waals surface area contributed by atoms with Crippen LogP contribution in [0.1, 0.15) is 45.0 Å². The summed E-state index contributed by atoms with van der Waals surface area (Å²) in [4.78, 5) is 0.337. The largest absolute Gasteiger partial charge is 0.393 e. The molecule has 0 saturated carbocycles. The van der Waals surface area contributed by atoms with Crippen LogP contribution in [0.5, 0.6) is 0 Å². The molecule has 7 heteroatoms. The Bertz CT molecular complexity index is 650. The number of piperidine rings is 1. The van der Waals surface area contributed by atoms with Gasteiger partial charge >= 0.3 is 0 Å². The van der Waals surface area contributed by atoms with Gasteiger partial charge in [0.05, 0.1) is 17.5 Å². The molecule has 6 nitrogen and oxygen atoms in total. The van der Waals surface area contributed by atoms with Crippen LogP contribution in [0.2, 0.25) is 0 Å². The van der Waals surface area contributed by atoms with Gasteiger partial charge in [-0.05, 0) is 45.4 Å². The standard InChI is InChI=1S/C16H29N3O3S/c1-11(2)9-19-13(4)16(12(3)17-19)23(21,22)18-8-6-7-15(10-18)14(5)20/h11,14-15,20H,6-10H2,1-5H3/t14-,15+/m0/s1. The number of aryl methyl sites for hydroxylation is 1. The topological polar surface area (TPSA) is 75.4 Å². The monoisotopic (exact) mass is 343 g/mol. The molecule has 0 bridgehead atoms. The molecule has 23 heavy (non-hydrogen) atoms.